The molecule has 2 heterocycles. The van der Waals surface area contributed by atoms with Crippen molar-refractivity contribution in [2.45, 2.75) is 6.04 Å². The van der Waals surface area contributed by atoms with E-state index in [4.69, 9.17) is 0 Å². The zero-order chi connectivity index (χ0) is 12.4. The van der Waals surface area contributed by atoms with Gasteiger partial charge in [-0.25, -0.2) is 0 Å². The van der Waals surface area contributed by atoms with E-state index in [1.165, 1.54) is 10.4 Å². The lowest BCUT2D eigenvalue weighted by Crippen LogP contribution is -2.16. The van der Waals surface area contributed by atoms with E-state index in [0.717, 1.165) is 11.0 Å². The van der Waals surface area contributed by atoms with Gasteiger partial charge in [0.25, 0.3) is 0 Å². The van der Waals surface area contributed by atoms with Gasteiger partial charge in [0.05, 0.1) is 17.1 Å². The number of nitrogens with zero attached hydrogens (tertiary/aromatic N) is 2. The molecule has 0 saturated heterocycles. The maximum absolute atomic E-state index is 4.35. The SMILES string of the molecule is CNC(c1ccc2nccnc2c1)c1cccs1. The highest BCUT2D eigenvalue weighted by molar-refractivity contribution is 7.10. The zero-order valence-corrected chi connectivity index (χ0v) is 10.8. The summed E-state index contributed by atoms with van der Waals surface area (Å²) in [5.41, 5.74) is 3.09. The summed E-state index contributed by atoms with van der Waals surface area (Å²) in [6.45, 7) is 0. The van der Waals surface area contributed by atoms with Crippen molar-refractivity contribution < 1.29 is 0 Å². The van der Waals surface area contributed by atoms with Gasteiger partial charge in [0.15, 0.2) is 0 Å². The van der Waals surface area contributed by atoms with Crippen LogP contribution in [0, 0.1) is 0 Å². The summed E-state index contributed by atoms with van der Waals surface area (Å²) >= 11 is 1.76. The van der Waals surface area contributed by atoms with Gasteiger partial charge in [-0.05, 0) is 36.2 Å². The Bertz CT molecular complexity index is 649. The largest absolute Gasteiger partial charge is 0.309 e. The monoisotopic (exact) mass is 255 g/mol. The molecule has 0 spiro atoms. The molecule has 0 radical (unpaired) electrons. The maximum Gasteiger partial charge on any atom is 0.0890 e. The molecule has 0 aliphatic rings. The molecule has 0 amide bonds. The number of fused-ring (bicyclic) bond motifs is 1. The minimum absolute atomic E-state index is 0.219. The molecule has 3 rings (SSSR count). The van der Waals surface area contributed by atoms with E-state index in [2.05, 4.69) is 44.9 Å². The number of rotatable bonds is 3. The molecule has 1 atom stereocenters. The predicted molar refractivity (Wildman–Crippen MR) is 74.8 cm³/mol. The third kappa shape index (κ3) is 2.00. The highest BCUT2D eigenvalue weighted by atomic mass is 32.1. The van der Waals surface area contributed by atoms with Crippen LogP contribution < -0.4 is 5.32 Å². The summed E-state index contributed by atoms with van der Waals surface area (Å²) < 4.78 is 0. The summed E-state index contributed by atoms with van der Waals surface area (Å²) in [6, 6.07) is 10.7. The normalized spacial score (nSPS) is 12.7. The fraction of sp³-hybridized carbons (Fsp3) is 0.143. The Hall–Kier alpha value is -1.78. The molecule has 0 bridgehead atoms. The molecule has 3 nitrogen and oxygen atoms in total. The molecule has 0 saturated carbocycles. The number of aromatic nitrogens is 2. The molecule has 1 unspecified atom stereocenters. The Balaban J connectivity index is 2.07. The van der Waals surface area contributed by atoms with Crippen molar-refractivity contribution in [3.8, 4) is 0 Å². The molecule has 18 heavy (non-hydrogen) atoms. The highest BCUT2D eigenvalue weighted by Gasteiger charge is 2.13. The molecule has 3 aromatic rings. The van der Waals surface area contributed by atoms with Crippen molar-refractivity contribution in [1.29, 1.82) is 0 Å². The van der Waals surface area contributed by atoms with Gasteiger partial charge < -0.3 is 5.32 Å². The molecule has 0 aliphatic heterocycles. The van der Waals surface area contributed by atoms with Gasteiger partial charge in [-0.3, -0.25) is 9.97 Å². The van der Waals surface area contributed by atoms with Crippen molar-refractivity contribution in [3.63, 3.8) is 0 Å². The van der Waals surface area contributed by atoms with Crippen LogP contribution in [0.15, 0.2) is 48.1 Å². The number of nitrogens with one attached hydrogen (secondary N) is 1. The first-order chi connectivity index (χ1) is 8.88. The second-order valence-corrected chi connectivity index (χ2v) is 5.02. The van der Waals surface area contributed by atoms with Crippen molar-refractivity contribution in [3.05, 3.63) is 58.5 Å². The van der Waals surface area contributed by atoms with Gasteiger partial charge in [-0.2, -0.15) is 0 Å². The van der Waals surface area contributed by atoms with E-state index in [1.54, 1.807) is 23.7 Å². The molecular formula is C14H13N3S. The predicted octanol–water partition coefficient (Wildman–Crippen LogP) is 3.00. The van der Waals surface area contributed by atoms with Crippen molar-refractivity contribution >= 4 is 22.4 Å². The van der Waals surface area contributed by atoms with Crippen LogP contribution >= 0.6 is 11.3 Å². The van der Waals surface area contributed by atoms with Crippen LogP contribution in [0.4, 0.5) is 0 Å². The second-order valence-electron chi connectivity index (χ2n) is 4.04. The summed E-state index contributed by atoms with van der Waals surface area (Å²) in [5, 5.41) is 5.45. The minimum Gasteiger partial charge on any atom is -0.309 e. The molecule has 0 fully saturated rings. The number of thiophene rings is 1. The van der Waals surface area contributed by atoms with Gasteiger partial charge >= 0.3 is 0 Å². The number of benzene rings is 1. The average molecular weight is 255 g/mol. The molecule has 90 valence electrons. The topological polar surface area (TPSA) is 37.8 Å². The first kappa shape index (κ1) is 11.3. The van der Waals surface area contributed by atoms with Crippen LogP contribution in [0.25, 0.3) is 11.0 Å². The zero-order valence-electron chi connectivity index (χ0n) is 10.00. The van der Waals surface area contributed by atoms with E-state index in [0.29, 0.717) is 0 Å². The standard InChI is InChI=1S/C14H13N3S/c1-15-14(13-3-2-8-18-13)10-4-5-11-12(9-10)17-7-6-16-11/h2-9,14-15H,1H3. The van der Waals surface area contributed by atoms with Crippen LogP contribution in [0.5, 0.6) is 0 Å². The van der Waals surface area contributed by atoms with Crippen LogP contribution in [-0.4, -0.2) is 17.0 Å². The highest BCUT2D eigenvalue weighted by Crippen LogP contribution is 2.27. The van der Waals surface area contributed by atoms with Gasteiger partial charge in [0.1, 0.15) is 0 Å². The summed E-state index contributed by atoms with van der Waals surface area (Å²) in [6.07, 6.45) is 3.45. The lowest BCUT2D eigenvalue weighted by atomic mass is 10.0. The average Bonchev–Trinajstić information content (AvgIpc) is 2.93. The van der Waals surface area contributed by atoms with Crippen molar-refractivity contribution in [2.24, 2.45) is 0 Å². The summed E-state index contributed by atoms with van der Waals surface area (Å²) in [7, 11) is 1.98. The van der Waals surface area contributed by atoms with E-state index in [9.17, 15) is 0 Å². The Kier molecular flexibility index (Phi) is 3.04. The first-order valence-electron chi connectivity index (χ1n) is 5.80. The molecule has 1 aromatic carbocycles. The van der Waals surface area contributed by atoms with Crippen molar-refractivity contribution in [1.82, 2.24) is 15.3 Å². The van der Waals surface area contributed by atoms with Crippen LogP contribution in [0.2, 0.25) is 0 Å². The fourth-order valence-electron chi connectivity index (χ4n) is 2.09. The third-order valence-electron chi connectivity index (χ3n) is 2.94. The van der Waals surface area contributed by atoms with Gasteiger partial charge in [0, 0.05) is 17.3 Å². The van der Waals surface area contributed by atoms with Gasteiger partial charge in [-0.1, -0.05) is 12.1 Å². The van der Waals surface area contributed by atoms with E-state index >= 15 is 0 Å². The maximum atomic E-state index is 4.35. The van der Waals surface area contributed by atoms with Crippen LogP contribution in [0.3, 0.4) is 0 Å². The molecular weight excluding hydrogens is 242 g/mol. The van der Waals surface area contributed by atoms with E-state index in [1.807, 2.05) is 13.1 Å². The Morgan fingerprint density at radius 3 is 2.67 bits per heavy atom. The smallest absolute Gasteiger partial charge is 0.0890 e. The summed E-state index contributed by atoms with van der Waals surface area (Å²) in [5.74, 6) is 0. The van der Waals surface area contributed by atoms with E-state index < -0.39 is 0 Å². The van der Waals surface area contributed by atoms with E-state index in [-0.39, 0.29) is 6.04 Å². The Morgan fingerprint density at radius 2 is 1.94 bits per heavy atom. The van der Waals surface area contributed by atoms with Crippen LogP contribution in [-0.2, 0) is 0 Å². The second kappa shape index (κ2) is 4.84. The van der Waals surface area contributed by atoms with Crippen molar-refractivity contribution in [2.75, 3.05) is 7.05 Å². The number of hydrogen-bond acceptors (Lipinski definition) is 4. The first-order valence-corrected chi connectivity index (χ1v) is 6.68. The molecule has 2 aromatic heterocycles. The Morgan fingerprint density at radius 1 is 1.11 bits per heavy atom. The number of hydrogen-bond donors (Lipinski definition) is 1. The molecule has 4 heteroatoms. The lowest BCUT2D eigenvalue weighted by molar-refractivity contribution is 0.704. The Labute approximate surface area is 110 Å². The minimum atomic E-state index is 0.219. The van der Waals surface area contributed by atoms with Gasteiger partial charge in [0.2, 0.25) is 0 Å². The van der Waals surface area contributed by atoms with Crippen LogP contribution in [0.1, 0.15) is 16.5 Å². The quantitative estimate of drug-likeness (QED) is 0.781. The van der Waals surface area contributed by atoms with Gasteiger partial charge in [-0.15, -0.1) is 11.3 Å². The lowest BCUT2D eigenvalue weighted by Gasteiger charge is -2.15. The fourth-order valence-corrected chi connectivity index (χ4v) is 2.95. The molecule has 0 aliphatic carbocycles. The molecule has 1 N–H and O–H groups in total. The third-order valence-corrected chi connectivity index (χ3v) is 3.88. The summed E-state index contributed by atoms with van der Waals surface area (Å²) in [4.78, 5) is 9.95.